The van der Waals surface area contributed by atoms with Crippen LogP contribution in [0.2, 0.25) is 0 Å². The molecule has 1 atom stereocenters. The number of hydrogen-bond acceptors (Lipinski definition) is 3. The van der Waals surface area contributed by atoms with E-state index < -0.39 is 6.10 Å². The third-order valence-corrected chi connectivity index (χ3v) is 4.45. The van der Waals surface area contributed by atoms with Crippen molar-refractivity contribution in [3.05, 3.63) is 70.5 Å². The third-order valence-electron chi connectivity index (χ3n) is 4.45. The molecule has 0 spiro atoms. The zero-order chi connectivity index (χ0) is 19.8. The topological polar surface area (TPSA) is 32.7 Å². The Morgan fingerprint density at radius 3 is 2.37 bits per heavy atom. The maximum absolute atomic E-state index is 13.2. The first-order valence-electron chi connectivity index (χ1n) is 9.62. The smallest absolute Gasteiger partial charge is 0.123 e. The largest absolute Gasteiger partial charge is 0.389 e. The van der Waals surface area contributed by atoms with Gasteiger partial charge in [0.25, 0.3) is 0 Å². The van der Waals surface area contributed by atoms with Crippen molar-refractivity contribution in [3.63, 3.8) is 0 Å². The summed E-state index contributed by atoms with van der Waals surface area (Å²) in [7, 11) is 0. The van der Waals surface area contributed by atoms with Gasteiger partial charge in [-0.25, -0.2) is 4.39 Å². The van der Waals surface area contributed by atoms with Crippen molar-refractivity contribution in [2.75, 3.05) is 19.8 Å². The van der Waals surface area contributed by atoms with E-state index in [0.717, 1.165) is 12.1 Å². The number of ether oxygens (including phenoxy) is 1. The molecule has 3 nitrogen and oxygen atoms in total. The minimum atomic E-state index is -0.561. The van der Waals surface area contributed by atoms with Crippen LogP contribution in [0.15, 0.2) is 42.5 Å². The number of aryl methyl sites for hydroxylation is 2. The van der Waals surface area contributed by atoms with Crippen LogP contribution in [-0.2, 0) is 17.8 Å². The Morgan fingerprint density at radius 2 is 1.70 bits per heavy atom. The molecule has 0 fully saturated rings. The molecule has 0 aliphatic heterocycles. The van der Waals surface area contributed by atoms with E-state index in [0.29, 0.717) is 32.2 Å². The first-order valence-corrected chi connectivity index (χ1v) is 9.62. The van der Waals surface area contributed by atoms with Gasteiger partial charge >= 0.3 is 0 Å². The Balaban J connectivity index is 2.07. The van der Waals surface area contributed by atoms with Crippen LogP contribution in [0, 0.1) is 25.6 Å². The molecule has 27 heavy (non-hydrogen) atoms. The van der Waals surface area contributed by atoms with Crippen molar-refractivity contribution >= 4 is 0 Å². The second kappa shape index (κ2) is 10.5. The number of nitrogens with zero attached hydrogens (tertiary/aromatic N) is 1. The van der Waals surface area contributed by atoms with E-state index >= 15 is 0 Å². The molecule has 0 aliphatic rings. The summed E-state index contributed by atoms with van der Waals surface area (Å²) in [5.41, 5.74) is 4.72. The molecule has 1 N–H and O–H groups in total. The predicted molar refractivity (Wildman–Crippen MR) is 108 cm³/mol. The lowest BCUT2D eigenvalue weighted by Gasteiger charge is -2.26. The van der Waals surface area contributed by atoms with Crippen molar-refractivity contribution in [2.24, 2.45) is 5.92 Å². The van der Waals surface area contributed by atoms with Crippen molar-refractivity contribution in [1.82, 2.24) is 4.90 Å². The molecule has 0 aromatic heterocycles. The summed E-state index contributed by atoms with van der Waals surface area (Å²) in [6.45, 7) is 11.2. The molecule has 2 aromatic rings. The van der Waals surface area contributed by atoms with E-state index in [9.17, 15) is 9.50 Å². The molecule has 0 heterocycles. The predicted octanol–water partition coefficient (Wildman–Crippen LogP) is 4.48. The lowest BCUT2D eigenvalue weighted by atomic mass is 10.0. The molecule has 0 radical (unpaired) electrons. The van der Waals surface area contributed by atoms with Crippen LogP contribution >= 0.6 is 0 Å². The second-order valence-corrected chi connectivity index (χ2v) is 7.81. The molecule has 0 saturated heterocycles. The molecule has 2 rings (SSSR count). The first-order chi connectivity index (χ1) is 12.8. The molecule has 0 amide bonds. The fraction of sp³-hybridized carbons (Fsp3) is 0.478. The van der Waals surface area contributed by atoms with Crippen LogP contribution in [0.4, 0.5) is 4.39 Å². The Kier molecular flexibility index (Phi) is 8.42. The van der Waals surface area contributed by atoms with Gasteiger partial charge in [-0.3, -0.25) is 4.90 Å². The standard InChI is InChI=1S/C23H32FNO2/c1-17(2)15-27-16-23(26)14-25(12-20-7-9-22(24)10-8-20)13-21-11-18(3)5-6-19(21)4/h5-11,17,23,26H,12-16H2,1-4H3/t23-/m0/s1. The van der Waals surface area contributed by atoms with Gasteiger partial charge in [-0.05, 0) is 48.6 Å². The minimum absolute atomic E-state index is 0.234. The summed E-state index contributed by atoms with van der Waals surface area (Å²) in [6, 6.07) is 13.0. The quantitative estimate of drug-likeness (QED) is 0.667. The van der Waals surface area contributed by atoms with Crippen molar-refractivity contribution in [2.45, 2.75) is 46.9 Å². The summed E-state index contributed by atoms with van der Waals surface area (Å²) in [6.07, 6.45) is -0.561. The number of benzene rings is 2. The van der Waals surface area contributed by atoms with E-state index in [1.165, 1.54) is 28.8 Å². The third kappa shape index (κ3) is 7.79. The van der Waals surface area contributed by atoms with Gasteiger partial charge in [0.1, 0.15) is 5.82 Å². The summed E-state index contributed by atoms with van der Waals surface area (Å²) in [5, 5.41) is 10.4. The van der Waals surface area contributed by atoms with Gasteiger partial charge in [0.2, 0.25) is 0 Å². The highest BCUT2D eigenvalue weighted by Crippen LogP contribution is 2.16. The van der Waals surface area contributed by atoms with E-state index in [-0.39, 0.29) is 5.82 Å². The maximum Gasteiger partial charge on any atom is 0.123 e. The molecule has 2 aromatic carbocycles. The average molecular weight is 374 g/mol. The fourth-order valence-corrected chi connectivity index (χ4v) is 3.04. The van der Waals surface area contributed by atoms with Gasteiger partial charge in [-0.15, -0.1) is 0 Å². The van der Waals surface area contributed by atoms with Gasteiger partial charge < -0.3 is 9.84 Å². The van der Waals surface area contributed by atoms with Gasteiger partial charge in [-0.1, -0.05) is 49.7 Å². The molecule has 0 unspecified atom stereocenters. The van der Waals surface area contributed by atoms with Crippen molar-refractivity contribution < 1.29 is 14.2 Å². The van der Waals surface area contributed by atoms with E-state index in [2.05, 4.69) is 50.8 Å². The molecular formula is C23H32FNO2. The Labute approximate surface area is 162 Å². The van der Waals surface area contributed by atoms with Crippen LogP contribution in [0.1, 0.15) is 36.1 Å². The van der Waals surface area contributed by atoms with Gasteiger partial charge in [0.15, 0.2) is 0 Å². The number of hydrogen-bond donors (Lipinski definition) is 1. The first kappa shape index (κ1) is 21.5. The molecular weight excluding hydrogens is 341 g/mol. The summed E-state index contributed by atoms with van der Waals surface area (Å²) in [4.78, 5) is 2.19. The second-order valence-electron chi connectivity index (χ2n) is 7.81. The lowest BCUT2D eigenvalue weighted by molar-refractivity contribution is 0.00551. The lowest BCUT2D eigenvalue weighted by Crippen LogP contribution is -2.34. The molecule has 4 heteroatoms. The van der Waals surface area contributed by atoms with Crippen LogP contribution in [0.5, 0.6) is 0 Å². The summed E-state index contributed by atoms with van der Waals surface area (Å²) < 4.78 is 18.8. The Hall–Kier alpha value is -1.75. The Morgan fingerprint density at radius 1 is 1.00 bits per heavy atom. The van der Waals surface area contributed by atoms with E-state index in [4.69, 9.17) is 4.74 Å². The highest BCUT2D eigenvalue weighted by molar-refractivity contribution is 5.30. The SMILES string of the molecule is Cc1ccc(C)c(CN(Cc2ccc(F)cc2)C[C@H](O)COCC(C)C)c1. The summed E-state index contributed by atoms with van der Waals surface area (Å²) in [5.74, 6) is 0.212. The summed E-state index contributed by atoms with van der Waals surface area (Å²) >= 11 is 0. The molecule has 0 bridgehead atoms. The number of halogens is 1. The number of rotatable bonds is 10. The zero-order valence-electron chi connectivity index (χ0n) is 16.9. The highest BCUT2D eigenvalue weighted by atomic mass is 19.1. The van der Waals surface area contributed by atoms with Crippen LogP contribution in [0.25, 0.3) is 0 Å². The molecule has 148 valence electrons. The van der Waals surface area contributed by atoms with Crippen LogP contribution in [0.3, 0.4) is 0 Å². The normalized spacial score (nSPS) is 12.7. The van der Waals surface area contributed by atoms with E-state index in [1.807, 2.05) is 0 Å². The van der Waals surface area contributed by atoms with Crippen LogP contribution < -0.4 is 0 Å². The van der Waals surface area contributed by atoms with E-state index in [1.54, 1.807) is 12.1 Å². The number of aliphatic hydroxyl groups is 1. The monoisotopic (exact) mass is 373 g/mol. The number of aliphatic hydroxyl groups excluding tert-OH is 1. The maximum atomic E-state index is 13.2. The highest BCUT2D eigenvalue weighted by Gasteiger charge is 2.15. The minimum Gasteiger partial charge on any atom is -0.389 e. The van der Waals surface area contributed by atoms with Crippen LogP contribution in [-0.4, -0.2) is 35.9 Å². The fourth-order valence-electron chi connectivity index (χ4n) is 3.04. The zero-order valence-corrected chi connectivity index (χ0v) is 16.9. The Bertz CT molecular complexity index is 700. The van der Waals surface area contributed by atoms with Gasteiger partial charge in [0, 0.05) is 26.2 Å². The molecule has 0 saturated carbocycles. The average Bonchev–Trinajstić information content (AvgIpc) is 2.59. The van der Waals surface area contributed by atoms with Gasteiger partial charge in [0.05, 0.1) is 12.7 Å². The van der Waals surface area contributed by atoms with Gasteiger partial charge in [-0.2, -0.15) is 0 Å². The van der Waals surface area contributed by atoms with Crippen molar-refractivity contribution in [1.29, 1.82) is 0 Å². The molecule has 0 aliphatic carbocycles. The van der Waals surface area contributed by atoms with Crippen molar-refractivity contribution in [3.8, 4) is 0 Å².